The molecule has 0 aliphatic heterocycles. The predicted molar refractivity (Wildman–Crippen MR) is 116 cm³/mol. The quantitative estimate of drug-likeness (QED) is 0.436. The topological polar surface area (TPSA) is 179 Å². The number of nitrogens with two attached hydrogens (primary N) is 2. The van der Waals surface area contributed by atoms with Crippen LogP contribution in [0.25, 0.3) is 0 Å². The maximum absolute atomic E-state index is 12.4. The van der Waals surface area contributed by atoms with E-state index < -0.39 is 33.3 Å². The van der Waals surface area contributed by atoms with Crippen LogP contribution in [0.3, 0.4) is 0 Å². The van der Waals surface area contributed by atoms with E-state index in [0.29, 0.717) is 0 Å². The normalized spacial score (nSPS) is 10.2. The van der Waals surface area contributed by atoms with Gasteiger partial charge in [0, 0.05) is 12.1 Å². The van der Waals surface area contributed by atoms with Gasteiger partial charge in [0.2, 0.25) is 0 Å². The third-order valence-electron chi connectivity index (χ3n) is 4.44. The minimum absolute atomic E-state index is 0.0498. The van der Waals surface area contributed by atoms with Crippen molar-refractivity contribution in [1.82, 2.24) is 0 Å². The van der Waals surface area contributed by atoms with Crippen LogP contribution in [0, 0.1) is 20.2 Å². The summed E-state index contributed by atoms with van der Waals surface area (Å²) in [7, 11) is 0. The average molecular weight is 436 g/mol. The summed E-state index contributed by atoms with van der Waals surface area (Å²) in [5.41, 5.74) is 9.84. The lowest BCUT2D eigenvalue weighted by molar-refractivity contribution is -0.384. The Hall–Kier alpha value is -5.00. The van der Waals surface area contributed by atoms with E-state index in [1.54, 1.807) is 0 Å². The van der Waals surface area contributed by atoms with Crippen molar-refractivity contribution in [2.24, 2.45) is 11.5 Å². The lowest BCUT2D eigenvalue weighted by atomic mass is 10.1. The molecule has 12 nitrogen and oxygen atoms in total. The highest BCUT2D eigenvalue weighted by Crippen LogP contribution is 2.42. The zero-order chi connectivity index (χ0) is 23.4. The second-order valence-corrected chi connectivity index (χ2v) is 6.33. The van der Waals surface area contributed by atoms with E-state index in [1.807, 2.05) is 0 Å². The van der Waals surface area contributed by atoms with Gasteiger partial charge in [-0.25, -0.2) is 9.59 Å². The molecule has 0 fully saturated rings. The number of benzene rings is 3. The Morgan fingerprint density at radius 3 is 1.16 bits per heavy atom. The minimum Gasteiger partial charge on any atom is -0.351 e. The standard InChI is InChI=1S/C20H16N6O6/c21-19(27)23(15-9-3-5-11-17(15)25(29)30)13-7-1-2-8-14(13)24(20(22)28)16-10-4-6-12-18(16)26(31)32/h1-12H,(H2,21,27)(H2,22,28). The predicted octanol–water partition coefficient (Wildman–Crippen LogP) is 3.94. The molecule has 0 unspecified atom stereocenters. The number of urea groups is 2. The number of para-hydroxylation sites is 6. The number of nitro groups is 2. The van der Waals surface area contributed by atoms with E-state index in [4.69, 9.17) is 11.5 Å². The molecule has 0 bridgehead atoms. The summed E-state index contributed by atoms with van der Waals surface area (Å²) < 4.78 is 0. The first kappa shape index (κ1) is 21.7. The summed E-state index contributed by atoms with van der Waals surface area (Å²) in [5.74, 6) is 0. The zero-order valence-corrected chi connectivity index (χ0v) is 16.3. The van der Waals surface area contributed by atoms with Crippen LogP contribution in [-0.2, 0) is 0 Å². The molecule has 0 spiro atoms. The van der Waals surface area contributed by atoms with E-state index in [9.17, 15) is 29.8 Å². The van der Waals surface area contributed by atoms with Gasteiger partial charge in [-0.1, -0.05) is 36.4 Å². The van der Waals surface area contributed by atoms with Crippen molar-refractivity contribution >= 4 is 46.2 Å². The highest BCUT2D eigenvalue weighted by Gasteiger charge is 2.31. The lowest BCUT2D eigenvalue weighted by Crippen LogP contribution is -2.36. The molecule has 0 radical (unpaired) electrons. The van der Waals surface area contributed by atoms with Crippen molar-refractivity contribution in [3.8, 4) is 0 Å². The molecule has 4 amide bonds. The summed E-state index contributed by atoms with van der Waals surface area (Å²) in [6, 6.07) is 14.3. The molecule has 0 saturated heterocycles. The first-order valence-electron chi connectivity index (χ1n) is 8.99. The number of nitro benzene ring substituents is 2. The Labute approximate surface area is 180 Å². The van der Waals surface area contributed by atoms with Crippen LogP contribution >= 0.6 is 0 Å². The lowest BCUT2D eigenvalue weighted by Gasteiger charge is -2.28. The number of amides is 4. The van der Waals surface area contributed by atoms with Gasteiger partial charge in [-0.3, -0.25) is 30.0 Å². The molecule has 32 heavy (non-hydrogen) atoms. The largest absolute Gasteiger partial charge is 0.351 e. The molecule has 0 saturated carbocycles. The van der Waals surface area contributed by atoms with Crippen molar-refractivity contribution in [1.29, 1.82) is 0 Å². The zero-order valence-electron chi connectivity index (χ0n) is 16.3. The van der Waals surface area contributed by atoms with E-state index in [0.717, 1.165) is 9.80 Å². The Morgan fingerprint density at radius 1 is 0.594 bits per heavy atom. The Balaban J connectivity index is 2.30. The Morgan fingerprint density at radius 2 is 0.875 bits per heavy atom. The molecule has 0 heterocycles. The summed E-state index contributed by atoms with van der Waals surface area (Å²) in [4.78, 5) is 48.1. The number of nitrogens with zero attached hydrogens (tertiary/aromatic N) is 4. The fourth-order valence-electron chi connectivity index (χ4n) is 3.19. The van der Waals surface area contributed by atoms with Crippen molar-refractivity contribution in [2.45, 2.75) is 0 Å². The highest BCUT2D eigenvalue weighted by atomic mass is 16.6. The molecule has 0 aromatic heterocycles. The monoisotopic (exact) mass is 436 g/mol. The molecule has 0 atom stereocenters. The second-order valence-electron chi connectivity index (χ2n) is 6.33. The number of hydrogen-bond donors (Lipinski definition) is 2. The van der Waals surface area contributed by atoms with Crippen molar-refractivity contribution in [2.75, 3.05) is 9.80 Å². The number of carbonyl (C=O) groups excluding carboxylic acids is 2. The molecule has 12 heteroatoms. The molecular formula is C20H16N6O6. The number of primary amides is 2. The van der Waals surface area contributed by atoms with Crippen molar-refractivity contribution in [3.63, 3.8) is 0 Å². The van der Waals surface area contributed by atoms with E-state index in [1.165, 1.54) is 72.8 Å². The summed E-state index contributed by atoms with van der Waals surface area (Å²) in [6.07, 6.45) is 0. The van der Waals surface area contributed by atoms with Crippen LogP contribution in [-0.4, -0.2) is 21.9 Å². The van der Waals surface area contributed by atoms with Gasteiger partial charge in [0.05, 0.1) is 21.2 Å². The Kier molecular flexibility index (Phi) is 5.96. The first-order chi connectivity index (χ1) is 15.2. The van der Waals surface area contributed by atoms with Gasteiger partial charge in [-0.15, -0.1) is 0 Å². The first-order valence-corrected chi connectivity index (χ1v) is 8.99. The van der Waals surface area contributed by atoms with Gasteiger partial charge in [0.1, 0.15) is 11.4 Å². The van der Waals surface area contributed by atoms with E-state index >= 15 is 0 Å². The molecule has 0 aliphatic carbocycles. The van der Waals surface area contributed by atoms with Gasteiger partial charge >= 0.3 is 12.1 Å². The molecular weight excluding hydrogens is 420 g/mol. The van der Waals surface area contributed by atoms with Crippen LogP contribution in [0.1, 0.15) is 0 Å². The molecule has 3 rings (SSSR count). The number of rotatable bonds is 6. The fraction of sp³-hybridized carbons (Fsp3) is 0. The summed E-state index contributed by atoms with van der Waals surface area (Å²) in [6.45, 7) is 0. The maximum Gasteiger partial charge on any atom is 0.324 e. The molecule has 0 aliphatic rings. The van der Waals surface area contributed by atoms with Crippen LogP contribution in [0.15, 0.2) is 72.8 Å². The van der Waals surface area contributed by atoms with Crippen LogP contribution in [0.2, 0.25) is 0 Å². The van der Waals surface area contributed by atoms with Gasteiger partial charge in [0.15, 0.2) is 0 Å². The van der Waals surface area contributed by atoms with E-state index in [2.05, 4.69) is 0 Å². The average Bonchev–Trinajstić information content (AvgIpc) is 2.75. The highest BCUT2D eigenvalue weighted by molar-refractivity contribution is 6.09. The second kappa shape index (κ2) is 8.79. The van der Waals surface area contributed by atoms with Gasteiger partial charge in [-0.2, -0.15) is 0 Å². The number of carbonyl (C=O) groups is 2. The molecule has 162 valence electrons. The third kappa shape index (κ3) is 4.00. The molecule has 3 aromatic rings. The fourth-order valence-corrected chi connectivity index (χ4v) is 3.19. The number of hydrogen-bond acceptors (Lipinski definition) is 6. The van der Waals surface area contributed by atoms with Gasteiger partial charge < -0.3 is 11.5 Å². The summed E-state index contributed by atoms with van der Waals surface area (Å²) >= 11 is 0. The summed E-state index contributed by atoms with van der Waals surface area (Å²) in [5, 5.41) is 23.0. The maximum atomic E-state index is 12.4. The van der Waals surface area contributed by atoms with Crippen LogP contribution in [0.5, 0.6) is 0 Å². The SMILES string of the molecule is NC(=O)N(c1ccccc1N(C(N)=O)c1ccccc1[N+](=O)[O-])c1ccccc1[N+](=O)[O-]. The van der Waals surface area contributed by atoms with Crippen LogP contribution in [0.4, 0.5) is 43.7 Å². The Bertz CT molecular complexity index is 1140. The minimum atomic E-state index is -1.08. The van der Waals surface area contributed by atoms with Gasteiger partial charge in [-0.05, 0) is 24.3 Å². The van der Waals surface area contributed by atoms with E-state index in [-0.39, 0.29) is 22.7 Å². The number of anilines is 4. The third-order valence-corrected chi connectivity index (χ3v) is 4.44. The van der Waals surface area contributed by atoms with Crippen molar-refractivity contribution < 1.29 is 19.4 Å². The molecule has 3 aromatic carbocycles. The smallest absolute Gasteiger partial charge is 0.324 e. The molecule has 4 N–H and O–H groups in total. The van der Waals surface area contributed by atoms with Crippen LogP contribution < -0.4 is 21.3 Å². The van der Waals surface area contributed by atoms with Crippen molar-refractivity contribution in [3.05, 3.63) is 93.0 Å². The van der Waals surface area contributed by atoms with Gasteiger partial charge in [0.25, 0.3) is 11.4 Å².